The molecular formula is C13H19N3O3. The number of carbonyl (C=O) groups is 2. The Morgan fingerprint density at radius 2 is 2.00 bits per heavy atom. The molecule has 0 saturated heterocycles. The van der Waals surface area contributed by atoms with Gasteiger partial charge in [-0.05, 0) is 24.7 Å². The lowest BCUT2D eigenvalue weighted by Gasteiger charge is -2.12. The first-order valence-corrected chi connectivity index (χ1v) is 6.03. The Kier molecular flexibility index (Phi) is 5.81. The number of likely N-dealkylation sites (N-methyl/N-ethyl adjacent to an activating group) is 1. The van der Waals surface area contributed by atoms with Crippen LogP contribution in [0.2, 0.25) is 0 Å². The highest BCUT2D eigenvalue weighted by Crippen LogP contribution is 2.27. The van der Waals surface area contributed by atoms with Crippen molar-refractivity contribution in [1.29, 1.82) is 0 Å². The number of benzene rings is 1. The van der Waals surface area contributed by atoms with E-state index >= 15 is 0 Å². The molecule has 3 N–H and O–H groups in total. The van der Waals surface area contributed by atoms with Crippen molar-refractivity contribution < 1.29 is 14.3 Å². The predicted octanol–water partition coefficient (Wildman–Crippen LogP) is 1.20. The molecule has 0 fully saturated rings. The second-order valence-electron chi connectivity index (χ2n) is 3.92. The van der Waals surface area contributed by atoms with Crippen LogP contribution in [0.25, 0.3) is 0 Å². The molecule has 0 unspecified atom stereocenters. The van der Waals surface area contributed by atoms with E-state index in [1.807, 2.05) is 6.92 Å². The average Bonchev–Trinajstić information content (AvgIpc) is 2.36. The quantitative estimate of drug-likeness (QED) is 0.722. The molecular weight excluding hydrogens is 246 g/mol. The minimum absolute atomic E-state index is 0.167. The van der Waals surface area contributed by atoms with E-state index in [0.717, 1.165) is 6.54 Å². The van der Waals surface area contributed by atoms with Gasteiger partial charge >= 0.3 is 0 Å². The Morgan fingerprint density at radius 3 is 2.58 bits per heavy atom. The molecule has 19 heavy (non-hydrogen) atoms. The summed E-state index contributed by atoms with van der Waals surface area (Å²) in [6.07, 6.45) is 0. The highest BCUT2D eigenvalue weighted by molar-refractivity contribution is 5.95. The van der Waals surface area contributed by atoms with E-state index in [4.69, 9.17) is 4.74 Å². The van der Waals surface area contributed by atoms with E-state index in [9.17, 15) is 9.59 Å². The van der Waals surface area contributed by atoms with Gasteiger partial charge in [0, 0.05) is 12.6 Å². The molecule has 0 aliphatic carbocycles. The van der Waals surface area contributed by atoms with Gasteiger partial charge in [0.15, 0.2) is 0 Å². The number of anilines is 2. The number of carbonyl (C=O) groups excluding carboxylic acids is 2. The fourth-order valence-electron chi connectivity index (χ4n) is 1.52. The second-order valence-corrected chi connectivity index (χ2v) is 3.92. The molecule has 2 amide bonds. The van der Waals surface area contributed by atoms with Crippen molar-refractivity contribution in [3.8, 4) is 5.75 Å². The fraction of sp³-hybridized carbons (Fsp3) is 0.385. The molecule has 0 aliphatic heterocycles. The molecule has 0 saturated carbocycles. The molecule has 0 aliphatic rings. The number of methoxy groups -OCH3 is 1. The molecule has 0 bridgehead atoms. The Morgan fingerprint density at radius 1 is 1.26 bits per heavy atom. The van der Waals surface area contributed by atoms with Gasteiger partial charge in [0.05, 0.1) is 19.3 Å². The highest BCUT2D eigenvalue weighted by atomic mass is 16.5. The number of hydrogen-bond acceptors (Lipinski definition) is 4. The van der Waals surface area contributed by atoms with Crippen molar-refractivity contribution in [3.63, 3.8) is 0 Å². The number of amides is 2. The van der Waals surface area contributed by atoms with Crippen molar-refractivity contribution >= 4 is 23.2 Å². The molecule has 1 aromatic carbocycles. The monoisotopic (exact) mass is 265 g/mol. The summed E-state index contributed by atoms with van der Waals surface area (Å²) in [7, 11) is 1.52. The molecule has 0 spiro atoms. The van der Waals surface area contributed by atoms with E-state index in [1.165, 1.54) is 14.0 Å². The number of ether oxygens (including phenoxy) is 1. The molecule has 6 nitrogen and oxygen atoms in total. The lowest BCUT2D eigenvalue weighted by molar-refractivity contribution is -0.115. The first-order chi connectivity index (χ1) is 9.06. The third-order valence-corrected chi connectivity index (χ3v) is 2.33. The molecule has 6 heteroatoms. The normalized spacial score (nSPS) is 9.84. The summed E-state index contributed by atoms with van der Waals surface area (Å²) in [4.78, 5) is 22.7. The van der Waals surface area contributed by atoms with Gasteiger partial charge in [0.1, 0.15) is 5.75 Å². The van der Waals surface area contributed by atoms with Crippen molar-refractivity contribution in [2.24, 2.45) is 0 Å². The Hall–Kier alpha value is -2.08. The topological polar surface area (TPSA) is 79.5 Å². The van der Waals surface area contributed by atoms with Crippen LogP contribution in [-0.2, 0) is 9.59 Å². The standard InChI is InChI=1S/C13H19N3O3/c1-4-14-8-13(18)16-11-7-10(15-9(2)17)5-6-12(11)19-3/h5-7,14H,4,8H2,1-3H3,(H,15,17)(H,16,18). The average molecular weight is 265 g/mol. The van der Waals surface area contributed by atoms with E-state index < -0.39 is 0 Å². The maximum atomic E-state index is 11.7. The zero-order chi connectivity index (χ0) is 14.3. The van der Waals surface area contributed by atoms with E-state index in [0.29, 0.717) is 17.1 Å². The third kappa shape index (κ3) is 4.97. The van der Waals surface area contributed by atoms with Gasteiger partial charge in [-0.25, -0.2) is 0 Å². The molecule has 0 aromatic heterocycles. The Bertz CT molecular complexity index is 460. The predicted molar refractivity (Wildman–Crippen MR) is 74.5 cm³/mol. The van der Waals surface area contributed by atoms with Gasteiger partial charge < -0.3 is 20.7 Å². The second kappa shape index (κ2) is 7.38. The zero-order valence-corrected chi connectivity index (χ0v) is 11.4. The van der Waals surface area contributed by atoms with Gasteiger partial charge in [-0.2, -0.15) is 0 Å². The third-order valence-electron chi connectivity index (χ3n) is 2.33. The molecule has 0 radical (unpaired) electrons. The van der Waals surface area contributed by atoms with Crippen LogP contribution in [0.1, 0.15) is 13.8 Å². The molecule has 0 heterocycles. The van der Waals surface area contributed by atoms with Crippen molar-refractivity contribution in [2.45, 2.75) is 13.8 Å². The minimum atomic E-state index is -0.171. The lowest BCUT2D eigenvalue weighted by Crippen LogP contribution is -2.27. The smallest absolute Gasteiger partial charge is 0.238 e. The van der Waals surface area contributed by atoms with Crippen LogP contribution in [0.15, 0.2) is 18.2 Å². The van der Waals surface area contributed by atoms with Gasteiger partial charge in [-0.1, -0.05) is 6.92 Å². The number of nitrogens with one attached hydrogen (secondary N) is 3. The van der Waals surface area contributed by atoms with Crippen LogP contribution in [0, 0.1) is 0 Å². The Balaban J connectivity index is 2.83. The number of hydrogen-bond donors (Lipinski definition) is 3. The summed E-state index contributed by atoms with van der Waals surface area (Å²) in [5.74, 6) is 0.203. The summed E-state index contributed by atoms with van der Waals surface area (Å²) in [5, 5.41) is 8.31. The van der Waals surface area contributed by atoms with Gasteiger partial charge in [0.25, 0.3) is 0 Å². The van der Waals surface area contributed by atoms with Gasteiger partial charge in [-0.3, -0.25) is 9.59 Å². The van der Waals surface area contributed by atoms with E-state index in [1.54, 1.807) is 18.2 Å². The molecule has 1 aromatic rings. The summed E-state index contributed by atoms with van der Waals surface area (Å²) in [5.41, 5.74) is 1.13. The van der Waals surface area contributed by atoms with Crippen LogP contribution in [0.5, 0.6) is 5.75 Å². The first kappa shape index (κ1) is 15.0. The fourth-order valence-corrected chi connectivity index (χ4v) is 1.52. The highest BCUT2D eigenvalue weighted by Gasteiger charge is 2.08. The SMILES string of the molecule is CCNCC(=O)Nc1cc(NC(C)=O)ccc1OC. The molecule has 104 valence electrons. The van der Waals surface area contributed by atoms with Crippen LogP contribution < -0.4 is 20.7 Å². The van der Waals surface area contributed by atoms with Crippen LogP contribution in [-0.4, -0.2) is 32.0 Å². The van der Waals surface area contributed by atoms with Crippen molar-refractivity contribution in [1.82, 2.24) is 5.32 Å². The Labute approximate surface area is 112 Å². The van der Waals surface area contributed by atoms with E-state index in [-0.39, 0.29) is 18.4 Å². The lowest BCUT2D eigenvalue weighted by atomic mass is 10.2. The maximum absolute atomic E-state index is 11.7. The first-order valence-electron chi connectivity index (χ1n) is 6.03. The zero-order valence-electron chi connectivity index (χ0n) is 11.4. The van der Waals surface area contributed by atoms with Crippen molar-refractivity contribution in [2.75, 3.05) is 30.8 Å². The van der Waals surface area contributed by atoms with Gasteiger partial charge in [-0.15, -0.1) is 0 Å². The van der Waals surface area contributed by atoms with Gasteiger partial charge in [0.2, 0.25) is 11.8 Å². The summed E-state index contributed by atoms with van der Waals surface area (Å²) in [6, 6.07) is 5.05. The molecule has 0 atom stereocenters. The van der Waals surface area contributed by atoms with Crippen molar-refractivity contribution in [3.05, 3.63) is 18.2 Å². The number of rotatable bonds is 6. The minimum Gasteiger partial charge on any atom is -0.495 e. The summed E-state index contributed by atoms with van der Waals surface area (Å²) >= 11 is 0. The van der Waals surface area contributed by atoms with E-state index in [2.05, 4.69) is 16.0 Å². The maximum Gasteiger partial charge on any atom is 0.238 e. The molecule has 1 rings (SSSR count). The van der Waals surface area contributed by atoms with Crippen LogP contribution >= 0.6 is 0 Å². The largest absolute Gasteiger partial charge is 0.495 e. The summed E-state index contributed by atoms with van der Waals surface area (Å²) in [6.45, 7) is 4.29. The summed E-state index contributed by atoms with van der Waals surface area (Å²) < 4.78 is 5.16. The van der Waals surface area contributed by atoms with Crippen LogP contribution in [0.3, 0.4) is 0 Å². The van der Waals surface area contributed by atoms with Crippen LogP contribution in [0.4, 0.5) is 11.4 Å².